The second-order valence-corrected chi connectivity index (χ2v) is 4.97. The summed E-state index contributed by atoms with van der Waals surface area (Å²) in [7, 11) is 0. The first-order valence-corrected chi connectivity index (χ1v) is 6.53. The number of hydrogen-bond acceptors (Lipinski definition) is 4. The molecule has 1 aromatic heterocycles. The van der Waals surface area contributed by atoms with Crippen molar-refractivity contribution in [2.24, 2.45) is 5.73 Å². The van der Waals surface area contributed by atoms with E-state index in [1.807, 2.05) is 0 Å². The minimum Gasteiger partial charge on any atom is -0.330 e. The van der Waals surface area contributed by atoms with E-state index in [0.717, 1.165) is 36.8 Å². The van der Waals surface area contributed by atoms with Crippen molar-refractivity contribution < 1.29 is 0 Å². The lowest BCUT2D eigenvalue weighted by Gasteiger charge is -2.18. The largest absolute Gasteiger partial charge is 0.330 e. The molecule has 4 heteroatoms. The summed E-state index contributed by atoms with van der Waals surface area (Å²) in [5, 5.41) is 3.27. The van der Waals surface area contributed by atoms with E-state index in [1.54, 1.807) is 11.3 Å². The van der Waals surface area contributed by atoms with Gasteiger partial charge in [0, 0.05) is 24.9 Å². The Morgan fingerprint density at radius 3 is 2.94 bits per heavy atom. The molecule has 3 nitrogen and oxygen atoms in total. The highest BCUT2D eigenvalue weighted by molar-refractivity contribution is 7.09. The zero-order chi connectivity index (χ0) is 12.0. The van der Waals surface area contributed by atoms with Gasteiger partial charge in [0.05, 0.1) is 10.7 Å². The van der Waals surface area contributed by atoms with Crippen LogP contribution in [0.4, 0.5) is 0 Å². The summed E-state index contributed by atoms with van der Waals surface area (Å²) in [4.78, 5) is 6.90. The van der Waals surface area contributed by atoms with Gasteiger partial charge in [-0.2, -0.15) is 0 Å². The number of hydrogen-bond donors (Lipinski definition) is 1. The van der Waals surface area contributed by atoms with Crippen LogP contribution < -0.4 is 5.73 Å². The minimum atomic E-state index is 0.677. The maximum absolute atomic E-state index is 5.51. The highest BCUT2D eigenvalue weighted by Crippen LogP contribution is 2.12. The lowest BCUT2D eigenvalue weighted by Crippen LogP contribution is -2.24. The zero-order valence-corrected chi connectivity index (χ0v) is 11.0. The minimum absolute atomic E-state index is 0.677. The van der Waals surface area contributed by atoms with Crippen LogP contribution in [0.15, 0.2) is 17.5 Å². The SMILES string of the molecule is C=C(C)CN(CC)Cc1csc(CCN)n1. The third kappa shape index (κ3) is 4.43. The Morgan fingerprint density at radius 1 is 1.62 bits per heavy atom. The molecule has 0 aliphatic carbocycles. The summed E-state index contributed by atoms with van der Waals surface area (Å²) in [5.74, 6) is 0. The quantitative estimate of drug-likeness (QED) is 0.740. The normalized spacial score (nSPS) is 11.0. The first-order valence-electron chi connectivity index (χ1n) is 5.65. The van der Waals surface area contributed by atoms with Crippen LogP contribution in [-0.2, 0) is 13.0 Å². The van der Waals surface area contributed by atoms with Gasteiger partial charge in [0.25, 0.3) is 0 Å². The highest BCUT2D eigenvalue weighted by Gasteiger charge is 2.07. The van der Waals surface area contributed by atoms with E-state index in [-0.39, 0.29) is 0 Å². The molecule has 1 rings (SSSR count). The van der Waals surface area contributed by atoms with Gasteiger partial charge in [0.15, 0.2) is 0 Å². The molecular formula is C12H21N3S. The Bertz CT molecular complexity index is 333. The first kappa shape index (κ1) is 13.4. The predicted octanol–water partition coefficient (Wildman–Crippen LogP) is 2.04. The van der Waals surface area contributed by atoms with Gasteiger partial charge in [-0.3, -0.25) is 4.90 Å². The average molecular weight is 239 g/mol. The van der Waals surface area contributed by atoms with Crippen molar-refractivity contribution in [3.8, 4) is 0 Å². The maximum Gasteiger partial charge on any atom is 0.0941 e. The summed E-state index contributed by atoms with van der Waals surface area (Å²) in [6.45, 7) is 11.7. The smallest absolute Gasteiger partial charge is 0.0941 e. The molecule has 0 saturated heterocycles. The Hall–Kier alpha value is -0.710. The monoisotopic (exact) mass is 239 g/mol. The predicted molar refractivity (Wildman–Crippen MR) is 70.6 cm³/mol. The molecule has 0 spiro atoms. The molecule has 90 valence electrons. The van der Waals surface area contributed by atoms with E-state index < -0.39 is 0 Å². The first-order chi connectivity index (χ1) is 7.65. The van der Waals surface area contributed by atoms with Crippen molar-refractivity contribution in [1.29, 1.82) is 0 Å². The molecule has 0 saturated carbocycles. The molecule has 0 unspecified atom stereocenters. The average Bonchev–Trinajstić information content (AvgIpc) is 2.64. The fourth-order valence-corrected chi connectivity index (χ4v) is 2.36. The van der Waals surface area contributed by atoms with Crippen molar-refractivity contribution in [2.45, 2.75) is 26.8 Å². The number of rotatable bonds is 7. The van der Waals surface area contributed by atoms with Gasteiger partial charge in [-0.15, -0.1) is 11.3 Å². The fourth-order valence-electron chi connectivity index (χ4n) is 1.55. The van der Waals surface area contributed by atoms with Gasteiger partial charge in [-0.1, -0.05) is 19.1 Å². The second-order valence-electron chi connectivity index (χ2n) is 4.03. The summed E-state index contributed by atoms with van der Waals surface area (Å²) in [6.07, 6.45) is 0.886. The number of thiazole rings is 1. The van der Waals surface area contributed by atoms with Crippen LogP contribution in [0.3, 0.4) is 0 Å². The van der Waals surface area contributed by atoms with Gasteiger partial charge >= 0.3 is 0 Å². The van der Waals surface area contributed by atoms with Crippen LogP contribution >= 0.6 is 11.3 Å². The van der Waals surface area contributed by atoms with E-state index >= 15 is 0 Å². The Labute approximate surface area is 102 Å². The van der Waals surface area contributed by atoms with E-state index in [0.29, 0.717) is 6.54 Å². The van der Waals surface area contributed by atoms with E-state index in [4.69, 9.17) is 5.73 Å². The molecule has 0 bridgehead atoms. The zero-order valence-electron chi connectivity index (χ0n) is 10.2. The van der Waals surface area contributed by atoms with Crippen molar-refractivity contribution in [3.63, 3.8) is 0 Å². The van der Waals surface area contributed by atoms with Crippen LogP contribution in [0.5, 0.6) is 0 Å². The Morgan fingerprint density at radius 2 is 2.38 bits per heavy atom. The molecule has 16 heavy (non-hydrogen) atoms. The van der Waals surface area contributed by atoms with Crippen LogP contribution in [-0.4, -0.2) is 29.5 Å². The maximum atomic E-state index is 5.51. The molecule has 0 radical (unpaired) electrons. The topological polar surface area (TPSA) is 42.1 Å². The van der Waals surface area contributed by atoms with Crippen molar-refractivity contribution in [2.75, 3.05) is 19.6 Å². The lowest BCUT2D eigenvalue weighted by atomic mass is 10.3. The standard InChI is InChI=1S/C12H21N3S/c1-4-15(7-10(2)3)8-11-9-16-12(14-11)5-6-13/h9H,2,4-8,13H2,1,3H3. The fraction of sp³-hybridized carbons (Fsp3) is 0.583. The molecule has 1 heterocycles. The van der Waals surface area contributed by atoms with Gasteiger partial charge in [-0.05, 0) is 20.0 Å². The molecule has 0 aliphatic rings. The number of likely N-dealkylation sites (N-methyl/N-ethyl adjacent to an activating group) is 1. The summed E-state index contributed by atoms with van der Waals surface area (Å²) in [6, 6.07) is 0. The van der Waals surface area contributed by atoms with Crippen molar-refractivity contribution in [1.82, 2.24) is 9.88 Å². The van der Waals surface area contributed by atoms with Crippen LogP contribution in [0.25, 0.3) is 0 Å². The van der Waals surface area contributed by atoms with Crippen LogP contribution in [0.2, 0.25) is 0 Å². The molecule has 0 aliphatic heterocycles. The Balaban J connectivity index is 2.52. The molecule has 2 N–H and O–H groups in total. The Kier molecular flexibility index (Phi) is 5.66. The number of nitrogens with zero attached hydrogens (tertiary/aromatic N) is 2. The molecule has 1 aromatic rings. The van der Waals surface area contributed by atoms with Crippen LogP contribution in [0, 0.1) is 0 Å². The molecule has 0 aromatic carbocycles. The third-order valence-corrected chi connectivity index (χ3v) is 3.24. The lowest BCUT2D eigenvalue weighted by molar-refractivity contribution is 0.301. The molecule has 0 atom stereocenters. The van der Waals surface area contributed by atoms with E-state index in [2.05, 4.69) is 35.7 Å². The number of nitrogens with two attached hydrogens (primary N) is 1. The van der Waals surface area contributed by atoms with Gasteiger partial charge in [0.1, 0.15) is 0 Å². The summed E-state index contributed by atoms with van der Waals surface area (Å²) in [5.41, 5.74) is 7.85. The number of aromatic nitrogens is 1. The van der Waals surface area contributed by atoms with Gasteiger partial charge in [0.2, 0.25) is 0 Å². The third-order valence-electron chi connectivity index (χ3n) is 2.28. The van der Waals surface area contributed by atoms with Gasteiger partial charge in [-0.25, -0.2) is 4.98 Å². The van der Waals surface area contributed by atoms with Crippen LogP contribution in [0.1, 0.15) is 24.5 Å². The van der Waals surface area contributed by atoms with Gasteiger partial charge < -0.3 is 5.73 Å². The van der Waals surface area contributed by atoms with Crippen molar-refractivity contribution in [3.05, 3.63) is 28.2 Å². The second kappa shape index (κ2) is 6.78. The molecular weight excluding hydrogens is 218 g/mol. The van der Waals surface area contributed by atoms with E-state index in [1.165, 1.54) is 5.57 Å². The summed E-state index contributed by atoms with van der Waals surface area (Å²) < 4.78 is 0. The molecule has 0 amide bonds. The highest BCUT2D eigenvalue weighted by atomic mass is 32.1. The molecule has 0 fully saturated rings. The van der Waals surface area contributed by atoms with Crippen molar-refractivity contribution >= 4 is 11.3 Å². The van der Waals surface area contributed by atoms with E-state index in [9.17, 15) is 0 Å². The summed E-state index contributed by atoms with van der Waals surface area (Å²) >= 11 is 1.71.